The van der Waals surface area contributed by atoms with Crippen molar-refractivity contribution >= 4 is 29.0 Å². The molecule has 1 amide bonds. The van der Waals surface area contributed by atoms with Crippen LogP contribution in [0.1, 0.15) is 18.1 Å². The average molecular weight is 331 g/mol. The summed E-state index contributed by atoms with van der Waals surface area (Å²) in [7, 11) is 6.88. The largest absolute Gasteiger partial charge is 0.487 e. The van der Waals surface area contributed by atoms with Crippen LogP contribution in [0, 0.1) is 0 Å². The molecule has 1 aromatic rings. The van der Waals surface area contributed by atoms with Crippen LogP contribution in [0.25, 0.3) is 0 Å². The molecule has 2 unspecified atom stereocenters. The van der Waals surface area contributed by atoms with Gasteiger partial charge in [0.15, 0.2) is 5.06 Å². The van der Waals surface area contributed by atoms with Gasteiger partial charge in [0.05, 0.1) is 35.9 Å². The smallest absolute Gasteiger partial charge is 0.235 e. The van der Waals surface area contributed by atoms with Crippen molar-refractivity contribution in [3.05, 3.63) is 11.6 Å². The lowest BCUT2D eigenvalue weighted by Crippen LogP contribution is -2.34. The van der Waals surface area contributed by atoms with Crippen molar-refractivity contribution in [2.45, 2.75) is 22.0 Å². The minimum Gasteiger partial charge on any atom is -0.487 e. The summed E-state index contributed by atoms with van der Waals surface area (Å²) >= 11 is 3.18. The van der Waals surface area contributed by atoms with Gasteiger partial charge in [-0.2, -0.15) is 0 Å². The Hall–Kier alpha value is -0.760. The second-order valence-corrected chi connectivity index (χ2v) is 7.43. The second-order valence-electron chi connectivity index (χ2n) is 4.94. The topological polar surface area (TPSA) is 48.0 Å². The van der Waals surface area contributed by atoms with Crippen molar-refractivity contribution in [2.75, 3.05) is 41.5 Å². The fraction of sp³-hybridized carbons (Fsp3) is 0.643. The first-order valence-electron chi connectivity index (χ1n) is 6.73. The third kappa shape index (κ3) is 3.91. The lowest BCUT2D eigenvalue weighted by molar-refractivity contribution is -0.129. The number of carbonyl (C=O) groups excluding carboxylic acids is 1. The van der Waals surface area contributed by atoms with Gasteiger partial charge < -0.3 is 19.1 Å². The Bertz CT molecular complexity index is 489. The number of ether oxygens (including phenoxy) is 3. The van der Waals surface area contributed by atoms with Crippen molar-refractivity contribution in [3.63, 3.8) is 0 Å². The van der Waals surface area contributed by atoms with E-state index in [1.807, 2.05) is 6.07 Å². The molecule has 0 aliphatic carbocycles. The second kappa shape index (κ2) is 7.49. The van der Waals surface area contributed by atoms with Gasteiger partial charge in [-0.1, -0.05) is 11.3 Å². The summed E-state index contributed by atoms with van der Waals surface area (Å²) in [6.45, 7) is 1.07. The number of amides is 1. The van der Waals surface area contributed by atoms with E-state index in [1.54, 1.807) is 56.3 Å². The van der Waals surface area contributed by atoms with Gasteiger partial charge in [0.2, 0.25) is 5.91 Å². The minimum atomic E-state index is -0.108. The maximum atomic E-state index is 12.3. The zero-order valence-corrected chi connectivity index (χ0v) is 14.4. The molecule has 0 bridgehead atoms. The number of carbonyl (C=O) groups is 1. The maximum Gasteiger partial charge on any atom is 0.235 e. The molecule has 2 heterocycles. The minimum absolute atomic E-state index is 0.0783. The van der Waals surface area contributed by atoms with Crippen molar-refractivity contribution in [3.8, 4) is 5.06 Å². The van der Waals surface area contributed by atoms with E-state index >= 15 is 0 Å². The summed E-state index contributed by atoms with van der Waals surface area (Å²) in [5, 5.41) is 0.745. The van der Waals surface area contributed by atoms with Crippen molar-refractivity contribution in [1.29, 1.82) is 0 Å². The van der Waals surface area contributed by atoms with Gasteiger partial charge in [0.25, 0.3) is 0 Å². The molecule has 5 nitrogen and oxygen atoms in total. The zero-order valence-electron chi connectivity index (χ0n) is 12.8. The van der Waals surface area contributed by atoms with Crippen molar-refractivity contribution in [1.82, 2.24) is 4.90 Å². The standard InChI is InChI=1S/C14H21NO4S2/c1-15(2)13(16)11-8-10(19-6-5-17-3)9-7-12(18-4)21-14(9)20-11/h7,10-11H,5-6,8H2,1-4H3. The number of thiophene rings is 1. The number of hydrogen-bond donors (Lipinski definition) is 0. The summed E-state index contributed by atoms with van der Waals surface area (Å²) in [6.07, 6.45) is 0.601. The molecule has 0 radical (unpaired) electrons. The molecule has 1 aromatic heterocycles. The Labute approximate surface area is 133 Å². The predicted octanol–water partition coefficient (Wildman–Crippen LogP) is 2.41. The van der Waals surface area contributed by atoms with Gasteiger partial charge in [-0.25, -0.2) is 0 Å². The van der Waals surface area contributed by atoms with Gasteiger partial charge in [0, 0.05) is 26.8 Å². The van der Waals surface area contributed by atoms with Crippen LogP contribution >= 0.6 is 23.1 Å². The molecule has 2 rings (SSSR count). The summed E-state index contributed by atoms with van der Waals surface area (Å²) in [5.41, 5.74) is 1.13. The molecular formula is C14H21NO4S2. The van der Waals surface area contributed by atoms with E-state index < -0.39 is 0 Å². The van der Waals surface area contributed by atoms with E-state index in [0.29, 0.717) is 19.6 Å². The van der Waals surface area contributed by atoms with Crippen molar-refractivity contribution in [2.24, 2.45) is 0 Å². The number of methoxy groups -OCH3 is 2. The zero-order chi connectivity index (χ0) is 15.4. The molecule has 0 saturated carbocycles. The van der Waals surface area contributed by atoms with E-state index in [4.69, 9.17) is 14.2 Å². The Morgan fingerprint density at radius 1 is 1.38 bits per heavy atom. The highest BCUT2D eigenvalue weighted by Gasteiger charge is 2.35. The summed E-state index contributed by atoms with van der Waals surface area (Å²) < 4.78 is 17.4. The Kier molecular flexibility index (Phi) is 5.92. The molecule has 0 saturated heterocycles. The number of hydrogen-bond acceptors (Lipinski definition) is 6. The molecule has 0 N–H and O–H groups in total. The molecule has 0 aromatic carbocycles. The van der Waals surface area contributed by atoms with E-state index in [9.17, 15) is 4.79 Å². The molecule has 7 heteroatoms. The van der Waals surface area contributed by atoms with Crippen LogP contribution in [0.3, 0.4) is 0 Å². The lowest BCUT2D eigenvalue weighted by atomic mass is 10.1. The highest BCUT2D eigenvalue weighted by atomic mass is 32.2. The van der Waals surface area contributed by atoms with Crippen LogP contribution in [-0.2, 0) is 14.3 Å². The van der Waals surface area contributed by atoms with E-state index in [-0.39, 0.29) is 17.3 Å². The number of thioether (sulfide) groups is 1. The molecule has 118 valence electrons. The fourth-order valence-corrected chi connectivity index (χ4v) is 4.87. The van der Waals surface area contributed by atoms with Crippen LogP contribution < -0.4 is 4.74 Å². The van der Waals surface area contributed by atoms with Crippen molar-refractivity contribution < 1.29 is 19.0 Å². The first kappa shape index (κ1) is 16.6. The maximum absolute atomic E-state index is 12.3. The van der Waals surface area contributed by atoms with E-state index in [1.165, 1.54) is 0 Å². The average Bonchev–Trinajstić information content (AvgIpc) is 2.89. The Morgan fingerprint density at radius 3 is 2.76 bits per heavy atom. The van der Waals surface area contributed by atoms with E-state index in [2.05, 4.69) is 0 Å². The molecule has 21 heavy (non-hydrogen) atoms. The van der Waals surface area contributed by atoms with Crippen LogP contribution in [0.15, 0.2) is 10.3 Å². The summed E-state index contributed by atoms with van der Waals surface area (Å²) in [4.78, 5) is 13.9. The van der Waals surface area contributed by atoms with Gasteiger partial charge >= 0.3 is 0 Å². The highest BCUT2D eigenvalue weighted by molar-refractivity contribution is 8.02. The van der Waals surface area contributed by atoms with Gasteiger partial charge in [-0.15, -0.1) is 11.8 Å². The molecule has 1 aliphatic rings. The number of fused-ring (bicyclic) bond motifs is 1. The van der Waals surface area contributed by atoms with Crippen LogP contribution in [0.5, 0.6) is 5.06 Å². The highest BCUT2D eigenvalue weighted by Crippen LogP contribution is 2.49. The first-order chi connectivity index (χ1) is 10.1. The molecule has 2 atom stereocenters. The van der Waals surface area contributed by atoms with Crippen LogP contribution in [0.2, 0.25) is 0 Å². The third-order valence-electron chi connectivity index (χ3n) is 3.25. The third-order valence-corrected chi connectivity index (χ3v) is 5.82. The molecule has 0 fully saturated rings. The number of nitrogens with zero attached hydrogens (tertiary/aromatic N) is 1. The van der Waals surface area contributed by atoms with Crippen LogP contribution in [0.4, 0.5) is 0 Å². The summed E-state index contributed by atoms with van der Waals surface area (Å²) in [5.74, 6) is 0.123. The SMILES string of the molecule is COCCOC1CC(C(=O)N(C)C)Sc2sc(OC)cc21. The normalized spacial score (nSPS) is 21.0. The Balaban J connectivity index is 2.18. The van der Waals surface area contributed by atoms with Gasteiger partial charge in [-0.3, -0.25) is 4.79 Å². The van der Waals surface area contributed by atoms with E-state index in [0.717, 1.165) is 14.8 Å². The van der Waals surface area contributed by atoms with Gasteiger partial charge in [-0.05, 0) is 12.5 Å². The lowest BCUT2D eigenvalue weighted by Gasteiger charge is -2.29. The Morgan fingerprint density at radius 2 is 2.14 bits per heavy atom. The van der Waals surface area contributed by atoms with Gasteiger partial charge in [0.1, 0.15) is 0 Å². The monoisotopic (exact) mass is 331 g/mol. The quantitative estimate of drug-likeness (QED) is 0.749. The first-order valence-corrected chi connectivity index (χ1v) is 8.42. The number of rotatable bonds is 6. The van der Waals surface area contributed by atoms with Crippen LogP contribution in [-0.4, -0.2) is 57.6 Å². The molecule has 0 spiro atoms. The predicted molar refractivity (Wildman–Crippen MR) is 84.4 cm³/mol. The summed E-state index contributed by atoms with van der Waals surface area (Å²) in [6, 6.07) is 2.01. The fourth-order valence-electron chi connectivity index (χ4n) is 2.15. The molecular weight excluding hydrogens is 310 g/mol. The molecule has 1 aliphatic heterocycles.